The Hall–Kier alpha value is -0.770. The second-order valence-corrected chi connectivity index (χ2v) is 3.11. The lowest BCUT2D eigenvalue weighted by Gasteiger charge is -2.30. The summed E-state index contributed by atoms with van der Waals surface area (Å²) in [4.78, 5) is 12.8. The van der Waals surface area contributed by atoms with Crippen LogP contribution in [0.25, 0.3) is 0 Å². The Labute approximate surface area is 78.8 Å². The molecule has 1 saturated heterocycles. The van der Waals surface area contributed by atoms with E-state index in [0.29, 0.717) is 6.10 Å². The van der Waals surface area contributed by atoms with Crippen molar-refractivity contribution in [2.45, 2.75) is 25.9 Å². The van der Waals surface area contributed by atoms with Crippen LogP contribution in [0, 0.1) is 0 Å². The van der Waals surface area contributed by atoms with E-state index in [0.717, 1.165) is 32.5 Å². The van der Waals surface area contributed by atoms with Gasteiger partial charge in [-0.2, -0.15) is 0 Å². The fourth-order valence-electron chi connectivity index (χ4n) is 1.57. The van der Waals surface area contributed by atoms with Crippen LogP contribution in [0.1, 0.15) is 19.8 Å². The third-order valence-electron chi connectivity index (χ3n) is 2.28. The van der Waals surface area contributed by atoms with Gasteiger partial charge >= 0.3 is 6.09 Å². The molecule has 0 aromatic carbocycles. The van der Waals surface area contributed by atoms with E-state index in [1.807, 2.05) is 6.92 Å². The minimum absolute atomic E-state index is 0.227. The molecule has 13 heavy (non-hydrogen) atoms. The maximum atomic E-state index is 11.1. The van der Waals surface area contributed by atoms with Crippen molar-refractivity contribution in [3.05, 3.63) is 0 Å². The minimum Gasteiger partial charge on any atom is -0.453 e. The molecule has 0 aromatic heterocycles. The van der Waals surface area contributed by atoms with Gasteiger partial charge in [0.25, 0.3) is 0 Å². The molecule has 1 heterocycles. The number of piperidine rings is 1. The predicted molar refractivity (Wildman–Crippen MR) is 48.6 cm³/mol. The van der Waals surface area contributed by atoms with E-state index in [9.17, 15) is 4.79 Å². The molecule has 0 unspecified atom stereocenters. The number of rotatable bonds is 2. The van der Waals surface area contributed by atoms with Crippen LogP contribution in [-0.2, 0) is 9.47 Å². The van der Waals surface area contributed by atoms with Crippen molar-refractivity contribution in [1.29, 1.82) is 0 Å². The number of hydrogen-bond donors (Lipinski definition) is 0. The first-order valence-electron chi connectivity index (χ1n) is 4.72. The molecule has 1 rings (SSSR count). The minimum atomic E-state index is -0.227. The van der Waals surface area contributed by atoms with Crippen LogP contribution in [0.2, 0.25) is 0 Å². The maximum Gasteiger partial charge on any atom is 0.409 e. The van der Waals surface area contributed by atoms with Crippen molar-refractivity contribution in [1.82, 2.24) is 4.90 Å². The lowest BCUT2D eigenvalue weighted by molar-refractivity contribution is 0.0144. The lowest BCUT2D eigenvalue weighted by Crippen LogP contribution is -2.40. The average Bonchev–Trinajstić information content (AvgIpc) is 2.18. The SMILES string of the molecule is CCOC1CCN(C(=O)OC)CC1. The molecular formula is C9H17NO3. The van der Waals surface area contributed by atoms with Crippen LogP contribution < -0.4 is 0 Å². The largest absolute Gasteiger partial charge is 0.453 e. The molecule has 0 saturated carbocycles. The summed E-state index contributed by atoms with van der Waals surface area (Å²) in [6.07, 6.45) is 1.94. The molecule has 1 fully saturated rings. The Kier molecular flexibility index (Phi) is 4.02. The highest BCUT2D eigenvalue weighted by Gasteiger charge is 2.22. The summed E-state index contributed by atoms with van der Waals surface area (Å²) in [6.45, 7) is 4.24. The van der Waals surface area contributed by atoms with Crippen LogP contribution in [0.5, 0.6) is 0 Å². The van der Waals surface area contributed by atoms with Crippen LogP contribution >= 0.6 is 0 Å². The van der Waals surface area contributed by atoms with Crippen LogP contribution in [-0.4, -0.2) is 43.9 Å². The third-order valence-corrected chi connectivity index (χ3v) is 2.28. The second kappa shape index (κ2) is 5.07. The molecule has 0 atom stereocenters. The van der Waals surface area contributed by atoms with Gasteiger partial charge in [-0.05, 0) is 19.8 Å². The highest BCUT2D eigenvalue weighted by molar-refractivity contribution is 5.67. The van der Waals surface area contributed by atoms with E-state index < -0.39 is 0 Å². The first kappa shape index (κ1) is 10.3. The first-order valence-corrected chi connectivity index (χ1v) is 4.72. The Bertz CT molecular complexity index is 164. The number of carbonyl (C=O) groups is 1. The van der Waals surface area contributed by atoms with Crippen molar-refractivity contribution in [3.63, 3.8) is 0 Å². The molecule has 4 heteroatoms. The smallest absolute Gasteiger partial charge is 0.409 e. The van der Waals surface area contributed by atoms with Crippen molar-refractivity contribution < 1.29 is 14.3 Å². The van der Waals surface area contributed by atoms with Gasteiger partial charge < -0.3 is 14.4 Å². The number of amides is 1. The molecular weight excluding hydrogens is 170 g/mol. The number of hydrogen-bond acceptors (Lipinski definition) is 3. The van der Waals surface area contributed by atoms with Gasteiger partial charge in [0.15, 0.2) is 0 Å². The summed E-state index contributed by atoms with van der Waals surface area (Å²) in [7, 11) is 1.41. The quantitative estimate of drug-likeness (QED) is 0.653. The summed E-state index contributed by atoms with van der Waals surface area (Å²) in [5, 5.41) is 0. The zero-order valence-corrected chi connectivity index (χ0v) is 8.28. The van der Waals surface area contributed by atoms with Crippen molar-refractivity contribution >= 4 is 6.09 Å². The summed E-state index contributed by atoms with van der Waals surface area (Å²) in [5.74, 6) is 0. The van der Waals surface area contributed by atoms with E-state index in [1.165, 1.54) is 7.11 Å². The number of nitrogens with zero attached hydrogens (tertiary/aromatic N) is 1. The molecule has 1 amide bonds. The number of ether oxygens (including phenoxy) is 2. The van der Waals surface area contributed by atoms with Gasteiger partial charge in [0.1, 0.15) is 0 Å². The average molecular weight is 187 g/mol. The zero-order valence-electron chi connectivity index (χ0n) is 8.28. The van der Waals surface area contributed by atoms with Gasteiger partial charge in [0.2, 0.25) is 0 Å². The van der Waals surface area contributed by atoms with Gasteiger partial charge in [-0.15, -0.1) is 0 Å². The molecule has 0 bridgehead atoms. The fourth-order valence-corrected chi connectivity index (χ4v) is 1.57. The van der Waals surface area contributed by atoms with Gasteiger partial charge in [-0.25, -0.2) is 4.79 Å². The van der Waals surface area contributed by atoms with Gasteiger partial charge in [0, 0.05) is 19.7 Å². The van der Waals surface area contributed by atoms with Crippen LogP contribution in [0.15, 0.2) is 0 Å². The second-order valence-electron chi connectivity index (χ2n) is 3.11. The van der Waals surface area contributed by atoms with Gasteiger partial charge in [0.05, 0.1) is 13.2 Å². The molecule has 0 N–H and O–H groups in total. The highest BCUT2D eigenvalue weighted by atomic mass is 16.5. The van der Waals surface area contributed by atoms with E-state index in [2.05, 4.69) is 4.74 Å². The number of methoxy groups -OCH3 is 1. The molecule has 1 aliphatic heterocycles. The number of likely N-dealkylation sites (tertiary alicyclic amines) is 1. The molecule has 0 aliphatic carbocycles. The van der Waals surface area contributed by atoms with E-state index in [-0.39, 0.29) is 6.09 Å². The van der Waals surface area contributed by atoms with Crippen molar-refractivity contribution in [2.75, 3.05) is 26.8 Å². The molecule has 0 radical (unpaired) electrons. The van der Waals surface area contributed by atoms with E-state index >= 15 is 0 Å². The Morgan fingerprint density at radius 1 is 1.46 bits per heavy atom. The predicted octanol–water partition coefficient (Wildman–Crippen LogP) is 1.25. The van der Waals surface area contributed by atoms with Crippen LogP contribution in [0.4, 0.5) is 4.79 Å². The summed E-state index contributed by atoms with van der Waals surface area (Å²) >= 11 is 0. The van der Waals surface area contributed by atoms with Crippen molar-refractivity contribution in [2.24, 2.45) is 0 Å². The molecule has 4 nitrogen and oxygen atoms in total. The first-order chi connectivity index (χ1) is 6.27. The van der Waals surface area contributed by atoms with Gasteiger partial charge in [-0.1, -0.05) is 0 Å². The highest BCUT2D eigenvalue weighted by Crippen LogP contribution is 2.13. The summed E-state index contributed by atoms with van der Waals surface area (Å²) in [6, 6.07) is 0. The normalized spacial score (nSPS) is 18.8. The molecule has 1 aliphatic rings. The third kappa shape index (κ3) is 2.88. The molecule has 0 aromatic rings. The number of carbonyl (C=O) groups excluding carboxylic acids is 1. The standard InChI is InChI=1S/C9H17NO3/c1-3-13-8-4-6-10(7-5-8)9(11)12-2/h8H,3-7H2,1-2H3. The topological polar surface area (TPSA) is 38.8 Å². The lowest BCUT2D eigenvalue weighted by atomic mass is 10.1. The zero-order chi connectivity index (χ0) is 9.68. The summed E-state index contributed by atoms with van der Waals surface area (Å²) < 4.78 is 10.1. The maximum absolute atomic E-state index is 11.1. The Morgan fingerprint density at radius 3 is 2.54 bits per heavy atom. The molecule has 0 spiro atoms. The van der Waals surface area contributed by atoms with Crippen molar-refractivity contribution in [3.8, 4) is 0 Å². The monoisotopic (exact) mass is 187 g/mol. The van der Waals surface area contributed by atoms with E-state index in [1.54, 1.807) is 4.90 Å². The molecule has 76 valence electrons. The van der Waals surface area contributed by atoms with Gasteiger partial charge in [-0.3, -0.25) is 0 Å². The summed E-state index contributed by atoms with van der Waals surface area (Å²) in [5.41, 5.74) is 0. The van der Waals surface area contributed by atoms with Crippen LogP contribution in [0.3, 0.4) is 0 Å². The Balaban J connectivity index is 2.26. The fraction of sp³-hybridized carbons (Fsp3) is 0.889. The van der Waals surface area contributed by atoms with E-state index in [4.69, 9.17) is 4.74 Å². The Morgan fingerprint density at radius 2 is 2.08 bits per heavy atom.